The molecule has 0 saturated heterocycles. The highest BCUT2D eigenvalue weighted by atomic mass is 16.6. The Bertz CT molecular complexity index is 2160. The standard InChI is InChI=1S/C39H34O12/c1-19(20-4-5-22-13-26(46-2)9-6-21(22)12-20)39(45)48-18-33-37(23-7-10-27(41)30(14-23)47-3)50-31-15-24(8-11-29(31)49-33)38-36(44)35(43)34-28(42)16-25(40)17-32(34)51-38/h4-17,19,33,36-38,40-42,44H,18H2,1-3H3/t19-,33+,36-,37+,38?/m1/s1. The number of rotatable bonds is 8. The van der Waals surface area contributed by atoms with Gasteiger partial charge in [0.25, 0.3) is 0 Å². The molecule has 0 aliphatic carbocycles. The van der Waals surface area contributed by atoms with Crippen molar-refractivity contribution in [3.05, 3.63) is 107 Å². The predicted molar refractivity (Wildman–Crippen MR) is 182 cm³/mol. The molecule has 1 unspecified atom stereocenters. The molecule has 4 N–H and O–H groups in total. The van der Waals surface area contributed by atoms with Crippen LogP contribution in [0, 0.1) is 0 Å². The number of phenols is 3. The lowest BCUT2D eigenvalue weighted by Gasteiger charge is -2.35. The lowest BCUT2D eigenvalue weighted by Crippen LogP contribution is -2.38. The molecule has 7 rings (SSSR count). The summed E-state index contributed by atoms with van der Waals surface area (Å²) in [6.45, 7) is 1.57. The number of benzene rings is 5. The Morgan fingerprint density at radius 1 is 0.745 bits per heavy atom. The number of methoxy groups -OCH3 is 2. The van der Waals surface area contributed by atoms with Crippen LogP contribution in [0.3, 0.4) is 0 Å². The van der Waals surface area contributed by atoms with Gasteiger partial charge in [-0.15, -0.1) is 0 Å². The highest BCUT2D eigenvalue weighted by Gasteiger charge is 2.41. The molecule has 5 atom stereocenters. The van der Waals surface area contributed by atoms with Gasteiger partial charge in [-0.2, -0.15) is 0 Å². The second kappa shape index (κ2) is 13.3. The van der Waals surface area contributed by atoms with Crippen LogP contribution in [0.5, 0.6) is 46.0 Å². The van der Waals surface area contributed by atoms with E-state index >= 15 is 0 Å². The van der Waals surface area contributed by atoms with Gasteiger partial charge in [0.15, 0.2) is 47.4 Å². The van der Waals surface area contributed by atoms with Crippen molar-refractivity contribution in [2.45, 2.75) is 37.3 Å². The molecule has 0 fully saturated rings. The van der Waals surface area contributed by atoms with Crippen LogP contribution in [0.1, 0.15) is 52.1 Å². The van der Waals surface area contributed by atoms with E-state index in [1.807, 2.05) is 36.4 Å². The SMILES string of the molecule is COc1ccc2cc([C@@H](C)C(=O)OC[C@@H]3Oc4ccc(C5Oc6cc(O)cc(O)c6C(=O)[C@H]5O)cc4O[C@H]3c3ccc(O)c(OC)c3)ccc2c1. The number of esters is 1. The summed E-state index contributed by atoms with van der Waals surface area (Å²) < 4.78 is 35.1. The summed E-state index contributed by atoms with van der Waals surface area (Å²) >= 11 is 0. The van der Waals surface area contributed by atoms with Gasteiger partial charge in [0, 0.05) is 17.7 Å². The van der Waals surface area contributed by atoms with Gasteiger partial charge in [-0.25, -0.2) is 0 Å². The van der Waals surface area contributed by atoms with E-state index in [9.17, 15) is 30.0 Å². The molecule has 12 nitrogen and oxygen atoms in total. The van der Waals surface area contributed by atoms with Gasteiger partial charge in [-0.3, -0.25) is 9.59 Å². The molecular formula is C39H34O12. The number of ether oxygens (including phenoxy) is 6. The van der Waals surface area contributed by atoms with Gasteiger partial charge in [0.1, 0.15) is 35.2 Å². The number of aromatic hydroxyl groups is 3. The second-order valence-corrected chi connectivity index (χ2v) is 12.3. The third-order valence-electron chi connectivity index (χ3n) is 9.14. The Morgan fingerprint density at radius 2 is 1.47 bits per heavy atom. The zero-order chi connectivity index (χ0) is 36.0. The van der Waals surface area contributed by atoms with E-state index in [0.717, 1.165) is 28.2 Å². The quantitative estimate of drug-likeness (QED) is 0.143. The van der Waals surface area contributed by atoms with Gasteiger partial charge < -0.3 is 48.8 Å². The fourth-order valence-electron chi connectivity index (χ4n) is 6.33. The molecule has 2 heterocycles. The minimum atomic E-state index is -1.67. The molecule has 0 saturated carbocycles. The average Bonchev–Trinajstić information content (AvgIpc) is 3.13. The fourth-order valence-corrected chi connectivity index (χ4v) is 6.33. The Morgan fingerprint density at radius 3 is 2.25 bits per heavy atom. The molecule has 0 radical (unpaired) electrons. The van der Waals surface area contributed by atoms with Crippen molar-refractivity contribution in [3.8, 4) is 46.0 Å². The van der Waals surface area contributed by atoms with Crippen molar-refractivity contribution in [2.24, 2.45) is 0 Å². The van der Waals surface area contributed by atoms with E-state index in [-0.39, 0.29) is 40.9 Å². The topological polar surface area (TPSA) is 170 Å². The van der Waals surface area contributed by atoms with Crippen molar-refractivity contribution in [1.29, 1.82) is 0 Å². The Labute approximate surface area is 291 Å². The van der Waals surface area contributed by atoms with Crippen LogP contribution in [0.25, 0.3) is 10.8 Å². The lowest BCUT2D eigenvalue weighted by molar-refractivity contribution is -0.150. The lowest BCUT2D eigenvalue weighted by atomic mass is 9.92. The zero-order valence-electron chi connectivity index (χ0n) is 27.7. The number of Topliss-reactive ketones (excluding diaryl/α,β-unsaturated/α-hetero) is 1. The summed E-state index contributed by atoms with van der Waals surface area (Å²) in [6.07, 6.45) is -4.58. The number of ketones is 1. The number of carbonyl (C=O) groups is 2. The molecule has 262 valence electrons. The summed E-state index contributed by atoms with van der Waals surface area (Å²) in [4.78, 5) is 26.4. The summed E-state index contributed by atoms with van der Waals surface area (Å²) in [5.41, 5.74) is 1.43. The van der Waals surface area contributed by atoms with Crippen LogP contribution in [0.2, 0.25) is 0 Å². The monoisotopic (exact) mass is 694 g/mol. The first-order valence-corrected chi connectivity index (χ1v) is 16.1. The van der Waals surface area contributed by atoms with Gasteiger partial charge in [0.05, 0.1) is 20.1 Å². The van der Waals surface area contributed by atoms with Crippen molar-refractivity contribution >= 4 is 22.5 Å². The van der Waals surface area contributed by atoms with Gasteiger partial charge in [-0.05, 0) is 65.2 Å². The third-order valence-corrected chi connectivity index (χ3v) is 9.14. The number of aliphatic hydroxyl groups is 1. The predicted octanol–water partition coefficient (Wildman–Crippen LogP) is 5.88. The Hall–Kier alpha value is -6.14. The van der Waals surface area contributed by atoms with Crippen LogP contribution in [0.15, 0.2) is 84.9 Å². The van der Waals surface area contributed by atoms with Crippen LogP contribution in [-0.2, 0) is 9.53 Å². The summed E-state index contributed by atoms with van der Waals surface area (Å²) in [7, 11) is 3.02. The van der Waals surface area contributed by atoms with Crippen molar-refractivity contribution in [1.82, 2.24) is 0 Å². The van der Waals surface area contributed by atoms with Crippen LogP contribution < -0.4 is 23.7 Å². The van der Waals surface area contributed by atoms with E-state index in [4.69, 9.17) is 28.4 Å². The van der Waals surface area contributed by atoms with Crippen LogP contribution in [-0.4, -0.2) is 65.2 Å². The Kier molecular flexibility index (Phi) is 8.69. The van der Waals surface area contributed by atoms with E-state index in [0.29, 0.717) is 16.9 Å². The molecule has 5 aromatic carbocycles. The first-order chi connectivity index (χ1) is 24.5. The maximum Gasteiger partial charge on any atom is 0.313 e. The van der Waals surface area contributed by atoms with Gasteiger partial charge in [0.2, 0.25) is 5.78 Å². The van der Waals surface area contributed by atoms with E-state index in [2.05, 4.69) is 0 Å². The molecule has 0 aromatic heterocycles. The van der Waals surface area contributed by atoms with Crippen LogP contribution >= 0.6 is 0 Å². The van der Waals surface area contributed by atoms with Crippen molar-refractivity contribution in [3.63, 3.8) is 0 Å². The molecule has 51 heavy (non-hydrogen) atoms. The highest BCUT2D eigenvalue weighted by molar-refractivity contribution is 6.05. The minimum absolute atomic E-state index is 0.0863. The summed E-state index contributed by atoms with van der Waals surface area (Å²) in [5.74, 6) is -1.38. The highest BCUT2D eigenvalue weighted by Crippen LogP contribution is 2.46. The average molecular weight is 695 g/mol. The number of phenolic OH excluding ortho intramolecular Hbond substituents is 3. The normalized spacial score (nSPS) is 19.8. The number of fused-ring (bicyclic) bond motifs is 3. The zero-order valence-corrected chi connectivity index (χ0v) is 27.7. The number of carbonyl (C=O) groups excluding carboxylic acids is 2. The molecule has 2 aliphatic rings. The molecule has 0 spiro atoms. The molecule has 0 amide bonds. The maximum atomic E-state index is 13.4. The van der Waals surface area contributed by atoms with Gasteiger partial charge >= 0.3 is 5.97 Å². The number of aliphatic hydroxyl groups excluding tert-OH is 1. The summed E-state index contributed by atoms with van der Waals surface area (Å²) in [5, 5.41) is 43.3. The first kappa shape index (κ1) is 33.4. The molecule has 2 aliphatic heterocycles. The summed E-state index contributed by atoms with van der Waals surface area (Å²) in [6, 6.07) is 23.0. The molecule has 5 aromatic rings. The van der Waals surface area contributed by atoms with Crippen molar-refractivity contribution in [2.75, 3.05) is 20.8 Å². The van der Waals surface area contributed by atoms with E-state index in [1.54, 1.807) is 44.4 Å². The fraction of sp³-hybridized carbons (Fsp3) is 0.231. The van der Waals surface area contributed by atoms with E-state index < -0.39 is 47.8 Å². The minimum Gasteiger partial charge on any atom is -0.508 e. The van der Waals surface area contributed by atoms with Gasteiger partial charge in [-0.1, -0.05) is 36.4 Å². The maximum absolute atomic E-state index is 13.4. The largest absolute Gasteiger partial charge is 0.508 e. The van der Waals surface area contributed by atoms with Crippen LogP contribution in [0.4, 0.5) is 0 Å². The Balaban J connectivity index is 1.15. The second-order valence-electron chi connectivity index (χ2n) is 12.3. The number of hydrogen-bond acceptors (Lipinski definition) is 12. The molecule has 12 heteroatoms. The van der Waals surface area contributed by atoms with Crippen molar-refractivity contribution < 1.29 is 58.4 Å². The first-order valence-electron chi connectivity index (χ1n) is 16.1. The number of hydrogen-bond donors (Lipinski definition) is 4. The molecule has 0 bridgehead atoms. The van der Waals surface area contributed by atoms with E-state index in [1.165, 1.54) is 19.2 Å². The molecular weight excluding hydrogens is 660 g/mol. The smallest absolute Gasteiger partial charge is 0.313 e. The third kappa shape index (κ3) is 6.25.